The number of aliphatic hydroxyl groups is 2. The van der Waals surface area contributed by atoms with E-state index >= 15 is 0 Å². The maximum absolute atomic E-state index is 12.8. The van der Waals surface area contributed by atoms with Crippen molar-refractivity contribution in [1.82, 2.24) is 51.2 Å². The Labute approximate surface area is 437 Å². The summed E-state index contributed by atoms with van der Waals surface area (Å²) in [6.45, 7) is 3.57. The van der Waals surface area contributed by atoms with Gasteiger partial charge in [0.1, 0.15) is 9.79 Å². The van der Waals surface area contributed by atoms with Gasteiger partial charge in [0.05, 0.1) is 13.2 Å². The van der Waals surface area contributed by atoms with Crippen LogP contribution in [0.1, 0.15) is 31.8 Å². The normalized spacial score (nSPS) is 11.5. The first-order chi connectivity index (χ1) is 36.5. The highest BCUT2D eigenvalue weighted by Gasteiger charge is 2.20. The van der Waals surface area contributed by atoms with Crippen LogP contribution in [0.5, 0.6) is 0 Å². The molecule has 0 atom stereocenters. The van der Waals surface area contributed by atoms with E-state index in [2.05, 4.69) is 83.1 Å². The first kappa shape index (κ1) is 57.2. The summed E-state index contributed by atoms with van der Waals surface area (Å²) >= 11 is 0. The van der Waals surface area contributed by atoms with Crippen molar-refractivity contribution in [2.45, 2.75) is 9.79 Å². The third kappa shape index (κ3) is 17.8. The zero-order valence-corrected chi connectivity index (χ0v) is 42.2. The van der Waals surface area contributed by atoms with E-state index in [9.17, 15) is 35.5 Å². The summed E-state index contributed by atoms with van der Waals surface area (Å²) in [5.41, 5.74) is 12.9. The number of nitrogens with zero attached hydrogens (tertiary/aromatic N) is 6. The van der Waals surface area contributed by atoms with E-state index in [-0.39, 0.29) is 96.3 Å². The number of rotatable bonds is 30. The molecule has 0 saturated heterocycles. The number of aliphatic hydroxyl groups excluding tert-OH is 2. The smallest absolute Gasteiger partial charge is 0.295 e. The van der Waals surface area contributed by atoms with Crippen molar-refractivity contribution >= 4 is 103 Å². The van der Waals surface area contributed by atoms with Crippen LogP contribution in [0.2, 0.25) is 0 Å². The van der Waals surface area contributed by atoms with Gasteiger partial charge in [0, 0.05) is 99.3 Å². The lowest BCUT2D eigenvalue weighted by Gasteiger charge is -2.13. The minimum Gasteiger partial charge on any atom is -0.395 e. The van der Waals surface area contributed by atoms with Crippen LogP contribution in [0.25, 0.3) is 12.2 Å². The average Bonchev–Trinajstić information content (AvgIpc) is 3.39. The minimum atomic E-state index is -4.94. The predicted octanol–water partition coefficient (Wildman–Crippen LogP) is 1.06. The van der Waals surface area contributed by atoms with Crippen molar-refractivity contribution in [3.63, 3.8) is 0 Å². The molecular weight excluding hydrogens is 1030 g/mol. The monoisotopic (exact) mass is 1090 g/mol. The molecule has 2 heterocycles. The molecule has 6 rings (SSSR count). The zero-order valence-electron chi connectivity index (χ0n) is 40.6. The molecule has 404 valence electrons. The Bertz CT molecular complexity index is 2970. The maximum Gasteiger partial charge on any atom is 0.295 e. The first-order valence-corrected chi connectivity index (χ1v) is 26.2. The molecule has 4 aromatic carbocycles. The Balaban J connectivity index is 1.24. The second kappa shape index (κ2) is 28.0. The Hall–Kier alpha value is -8.04. The number of hydrogen-bond donors (Lipinski definition) is 16. The summed E-state index contributed by atoms with van der Waals surface area (Å²) in [4.78, 5) is 50.0. The molecule has 0 aliphatic carbocycles. The molecule has 18 N–H and O–H groups in total. The number of nitrogens with two attached hydrogens (primary N) is 2. The van der Waals surface area contributed by atoms with Gasteiger partial charge >= 0.3 is 0 Å². The fourth-order valence-electron chi connectivity index (χ4n) is 6.71. The lowest BCUT2D eigenvalue weighted by atomic mass is 10.1. The maximum atomic E-state index is 12.8. The molecule has 0 radical (unpaired) electrons. The number of nitrogens with one attached hydrogen (secondary N) is 10. The van der Waals surface area contributed by atoms with E-state index in [0.717, 1.165) is 12.1 Å². The molecule has 6 aromatic rings. The van der Waals surface area contributed by atoms with Crippen LogP contribution >= 0.6 is 0 Å². The Morgan fingerprint density at radius 3 is 1.11 bits per heavy atom. The number of benzene rings is 4. The van der Waals surface area contributed by atoms with E-state index in [0.29, 0.717) is 74.9 Å². The van der Waals surface area contributed by atoms with E-state index in [1.54, 1.807) is 48.5 Å². The largest absolute Gasteiger partial charge is 0.395 e. The van der Waals surface area contributed by atoms with Crippen LogP contribution in [0.3, 0.4) is 0 Å². The quantitative estimate of drug-likeness (QED) is 0.0170. The van der Waals surface area contributed by atoms with Crippen LogP contribution in [0.4, 0.5) is 58.4 Å². The van der Waals surface area contributed by atoms with Gasteiger partial charge in [0.25, 0.3) is 32.1 Å². The molecular formula is C46H58N18O10S2. The lowest BCUT2D eigenvalue weighted by molar-refractivity contribution is 0.0937. The third-order valence-corrected chi connectivity index (χ3v) is 12.0. The number of anilines is 10. The lowest BCUT2D eigenvalue weighted by Crippen LogP contribution is -2.27. The standard InChI is InChI=1S/C46H58N18O10S2/c47-15-17-49-19-21-53-41-59-43(55-33-9-5-31(6-10-33)39(67)51-23-25-65)63-45(61-41)57-35-13-3-29(37(27-35)75(69,70)71)1-2-30-4-14-36(28-38(30)76(72,73)74)58-46-62-42(54-22-20-50-18-16-48)60-44(64-46)56-34-11-7-32(8-12-34)40(68)52-24-26-66/h1-14,27-28,49-50,65-66H,15-26,47-48H2,(H,51,67)(H,52,68)(H,69,70,71)(H,72,73,74)(H3,53,55,57,59,61,63)(H3,54,56,58,60,62,64)/b2-1+. The SMILES string of the molecule is NCCNCCNc1nc(Nc2ccc(C(=O)NCCO)cc2)nc(Nc2ccc(/C=C/c3ccc(Nc4nc(NCCNCCN)nc(Nc5ccc(C(=O)NCCO)cc5)n4)cc3S(=O)(=O)O)c(S(=O)(=O)O)c2)n1. The number of hydrogen-bond acceptors (Lipinski definition) is 24. The van der Waals surface area contributed by atoms with Crippen molar-refractivity contribution in [3.8, 4) is 0 Å². The van der Waals surface area contributed by atoms with E-state index in [1.165, 1.54) is 36.4 Å². The molecule has 0 aliphatic rings. The highest BCUT2D eigenvalue weighted by molar-refractivity contribution is 7.86. The summed E-state index contributed by atoms with van der Waals surface area (Å²) < 4.78 is 72.1. The molecule has 0 bridgehead atoms. The van der Waals surface area contributed by atoms with E-state index in [1.807, 2.05) is 0 Å². The molecule has 0 saturated carbocycles. The van der Waals surface area contributed by atoms with Gasteiger partial charge in [-0.2, -0.15) is 46.7 Å². The van der Waals surface area contributed by atoms with Gasteiger partial charge < -0.3 is 74.8 Å². The van der Waals surface area contributed by atoms with Gasteiger partial charge in [-0.15, -0.1) is 0 Å². The van der Waals surface area contributed by atoms with Gasteiger partial charge in [0.15, 0.2) is 0 Å². The van der Waals surface area contributed by atoms with Crippen LogP contribution in [-0.4, -0.2) is 157 Å². The Kier molecular flexibility index (Phi) is 21.1. The van der Waals surface area contributed by atoms with Crippen LogP contribution in [0.15, 0.2) is 94.7 Å². The molecule has 2 aromatic heterocycles. The van der Waals surface area contributed by atoms with Gasteiger partial charge in [-0.3, -0.25) is 18.7 Å². The molecule has 2 amide bonds. The molecule has 30 heteroatoms. The molecule has 0 spiro atoms. The van der Waals surface area contributed by atoms with Crippen molar-refractivity contribution < 1.29 is 45.7 Å². The fraction of sp³-hybridized carbons (Fsp3) is 0.261. The van der Waals surface area contributed by atoms with Crippen LogP contribution in [-0.2, 0) is 20.2 Å². The van der Waals surface area contributed by atoms with E-state index in [4.69, 9.17) is 21.7 Å². The predicted molar refractivity (Wildman–Crippen MR) is 287 cm³/mol. The van der Waals surface area contributed by atoms with Crippen molar-refractivity contribution in [3.05, 3.63) is 107 Å². The number of amides is 2. The summed E-state index contributed by atoms with van der Waals surface area (Å²) in [6.07, 6.45) is 2.46. The zero-order chi connectivity index (χ0) is 54.5. The van der Waals surface area contributed by atoms with Gasteiger partial charge in [0.2, 0.25) is 35.7 Å². The minimum absolute atomic E-state index is 0.0492. The van der Waals surface area contributed by atoms with Crippen LogP contribution < -0.4 is 64.6 Å². The summed E-state index contributed by atoms with van der Waals surface area (Å²) in [5.74, 6) is -0.487. The third-order valence-electron chi connectivity index (χ3n) is 10.2. The Morgan fingerprint density at radius 2 is 0.776 bits per heavy atom. The van der Waals surface area contributed by atoms with E-state index < -0.39 is 30.0 Å². The second-order valence-corrected chi connectivity index (χ2v) is 18.7. The molecule has 76 heavy (non-hydrogen) atoms. The summed E-state index contributed by atoms with van der Waals surface area (Å²) in [5, 5.41) is 47.6. The number of carbonyl (C=O) groups excluding carboxylic acids is 2. The first-order valence-electron chi connectivity index (χ1n) is 23.3. The molecule has 0 unspecified atom stereocenters. The fourth-order valence-corrected chi connectivity index (χ4v) is 8.13. The molecule has 0 fully saturated rings. The van der Waals surface area contributed by atoms with Gasteiger partial charge in [-0.05, 0) is 83.9 Å². The highest BCUT2D eigenvalue weighted by Crippen LogP contribution is 2.29. The molecule has 28 nitrogen and oxygen atoms in total. The Morgan fingerprint density at radius 1 is 0.447 bits per heavy atom. The topological polar surface area (TPSA) is 433 Å². The number of carbonyl (C=O) groups is 2. The highest BCUT2D eigenvalue weighted by atomic mass is 32.2. The van der Waals surface area contributed by atoms with Gasteiger partial charge in [-0.1, -0.05) is 24.3 Å². The second-order valence-electron chi connectivity index (χ2n) is 15.9. The van der Waals surface area contributed by atoms with Crippen LogP contribution in [0, 0.1) is 0 Å². The summed E-state index contributed by atoms with van der Waals surface area (Å²) in [6, 6.07) is 20.5. The van der Waals surface area contributed by atoms with Gasteiger partial charge in [-0.25, -0.2) is 0 Å². The summed E-state index contributed by atoms with van der Waals surface area (Å²) in [7, 11) is -9.87. The average molecular weight is 1090 g/mol. The number of aromatic nitrogens is 6. The van der Waals surface area contributed by atoms with Crippen molar-refractivity contribution in [2.24, 2.45) is 11.5 Å². The molecule has 0 aliphatic heterocycles. The van der Waals surface area contributed by atoms with Crippen molar-refractivity contribution in [1.29, 1.82) is 0 Å². The van der Waals surface area contributed by atoms with Crippen molar-refractivity contribution in [2.75, 3.05) is 111 Å².